The molecule has 0 bridgehead atoms. The van der Waals surface area contributed by atoms with Crippen LogP contribution in [0, 0.1) is 5.82 Å². The summed E-state index contributed by atoms with van der Waals surface area (Å²) in [4.78, 5) is 2.47. The highest BCUT2D eigenvalue weighted by Gasteiger charge is 2.08. The third-order valence-electron chi connectivity index (χ3n) is 3.03. The van der Waals surface area contributed by atoms with Crippen LogP contribution in [-0.4, -0.2) is 31.1 Å². The van der Waals surface area contributed by atoms with Crippen molar-refractivity contribution in [3.63, 3.8) is 0 Å². The first-order chi connectivity index (χ1) is 7.84. The van der Waals surface area contributed by atoms with Crippen LogP contribution in [-0.2, 0) is 0 Å². The lowest BCUT2D eigenvalue weighted by atomic mass is 10.1. The highest BCUT2D eigenvalue weighted by atomic mass is 19.1. The van der Waals surface area contributed by atoms with E-state index in [1.54, 1.807) is 6.07 Å². The van der Waals surface area contributed by atoms with Crippen molar-refractivity contribution in [2.75, 3.05) is 31.5 Å². The molecule has 0 aliphatic carbocycles. The minimum Gasteiger partial charge on any atom is -0.384 e. The van der Waals surface area contributed by atoms with Gasteiger partial charge in [-0.25, -0.2) is 4.39 Å². The number of likely N-dealkylation sites (tertiary alicyclic amines) is 1. The zero-order chi connectivity index (χ0) is 11.2. The van der Waals surface area contributed by atoms with Crippen LogP contribution in [0.2, 0.25) is 0 Å². The third kappa shape index (κ3) is 3.49. The van der Waals surface area contributed by atoms with Crippen molar-refractivity contribution in [1.82, 2.24) is 4.90 Å². The Morgan fingerprint density at radius 2 is 2.00 bits per heavy atom. The Bertz CT molecular complexity index is 321. The second-order valence-corrected chi connectivity index (χ2v) is 4.34. The van der Waals surface area contributed by atoms with Crippen molar-refractivity contribution in [3.8, 4) is 0 Å². The summed E-state index contributed by atoms with van der Waals surface area (Å²) in [6, 6.07) is 6.64. The molecule has 3 heteroatoms. The topological polar surface area (TPSA) is 15.3 Å². The van der Waals surface area contributed by atoms with Crippen LogP contribution in [0.1, 0.15) is 19.3 Å². The molecule has 0 atom stereocenters. The van der Waals surface area contributed by atoms with Crippen molar-refractivity contribution < 1.29 is 4.39 Å². The number of rotatable bonds is 4. The first-order valence-electron chi connectivity index (χ1n) is 6.06. The van der Waals surface area contributed by atoms with Crippen molar-refractivity contribution in [3.05, 3.63) is 30.1 Å². The van der Waals surface area contributed by atoms with Gasteiger partial charge < -0.3 is 10.2 Å². The maximum atomic E-state index is 12.9. The molecule has 1 aliphatic heterocycles. The van der Waals surface area contributed by atoms with Crippen LogP contribution >= 0.6 is 0 Å². The Kier molecular flexibility index (Phi) is 4.17. The van der Waals surface area contributed by atoms with E-state index >= 15 is 0 Å². The van der Waals surface area contributed by atoms with Crippen LogP contribution in [0.3, 0.4) is 0 Å². The van der Waals surface area contributed by atoms with Crippen molar-refractivity contribution in [1.29, 1.82) is 0 Å². The Morgan fingerprint density at radius 3 is 2.75 bits per heavy atom. The molecule has 1 heterocycles. The SMILES string of the molecule is Fc1cccc(NCCN2CCCCC2)c1. The lowest BCUT2D eigenvalue weighted by molar-refractivity contribution is 0.237. The van der Waals surface area contributed by atoms with Crippen molar-refractivity contribution in [2.45, 2.75) is 19.3 Å². The fourth-order valence-corrected chi connectivity index (χ4v) is 2.14. The predicted molar refractivity (Wildman–Crippen MR) is 65.2 cm³/mol. The summed E-state index contributed by atoms with van der Waals surface area (Å²) in [5.74, 6) is -0.178. The summed E-state index contributed by atoms with van der Waals surface area (Å²) in [7, 11) is 0. The molecule has 1 aliphatic rings. The van der Waals surface area contributed by atoms with Gasteiger partial charge in [-0.3, -0.25) is 0 Å². The van der Waals surface area contributed by atoms with Crippen LogP contribution in [0.25, 0.3) is 0 Å². The van der Waals surface area contributed by atoms with E-state index in [2.05, 4.69) is 10.2 Å². The van der Waals surface area contributed by atoms with E-state index in [4.69, 9.17) is 0 Å². The molecule has 1 aromatic rings. The Labute approximate surface area is 96.5 Å². The first kappa shape index (κ1) is 11.4. The van der Waals surface area contributed by atoms with Gasteiger partial charge in [0.05, 0.1) is 0 Å². The molecule has 0 spiro atoms. The highest BCUT2D eigenvalue weighted by molar-refractivity contribution is 5.42. The number of hydrogen-bond donors (Lipinski definition) is 1. The van der Waals surface area contributed by atoms with E-state index in [0.29, 0.717) is 0 Å². The Hall–Kier alpha value is -1.09. The zero-order valence-electron chi connectivity index (χ0n) is 9.58. The number of hydrogen-bond acceptors (Lipinski definition) is 2. The lowest BCUT2D eigenvalue weighted by Crippen LogP contribution is -2.33. The van der Waals surface area contributed by atoms with E-state index in [9.17, 15) is 4.39 Å². The second-order valence-electron chi connectivity index (χ2n) is 4.34. The molecular weight excluding hydrogens is 203 g/mol. The number of benzene rings is 1. The summed E-state index contributed by atoms with van der Waals surface area (Å²) in [5, 5.41) is 3.25. The van der Waals surface area contributed by atoms with Gasteiger partial charge in [0, 0.05) is 18.8 Å². The fourth-order valence-electron chi connectivity index (χ4n) is 2.14. The molecule has 88 valence electrons. The minimum atomic E-state index is -0.178. The molecule has 1 N–H and O–H groups in total. The number of anilines is 1. The predicted octanol–water partition coefficient (Wildman–Crippen LogP) is 2.72. The van der Waals surface area contributed by atoms with Crippen LogP contribution < -0.4 is 5.32 Å². The van der Waals surface area contributed by atoms with E-state index in [0.717, 1.165) is 18.8 Å². The fraction of sp³-hybridized carbons (Fsp3) is 0.538. The van der Waals surface area contributed by atoms with Crippen LogP contribution in [0.4, 0.5) is 10.1 Å². The normalized spacial score (nSPS) is 17.3. The van der Waals surface area contributed by atoms with Gasteiger partial charge in [0.2, 0.25) is 0 Å². The van der Waals surface area contributed by atoms with Gasteiger partial charge in [0.15, 0.2) is 0 Å². The van der Waals surface area contributed by atoms with Gasteiger partial charge in [-0.2, -0.15) is 0 Å². The molecule has 1 saturated heterocycles. The van der Waals surface area contributed by atoms with Crippen molar-refractivity contribution >= 4 is 5.69 Å². The molecule has 16 heavy (non-hydrogen) atoms. The Balaban J connectivity index is 1.71. The van der Waals surface area contributed by atoms with Crippen LogP contribution in [0.15, 0.2) is 24.3 Å². The molecule has 1 aromatic carbocycles. The first-order valence-corrected chi connectivity index (χ1v) is 6.06. The van der Waals surface area contributed by atoms with Gasteiger partial charge in [0.1, 0.15) is 5.82 Å². The number of nitrogens with zero attached hydrogens (tertiary/aromatic N) is 1. The average Bonchev–Trinajstić information content (AvgIpc) is 2.30. The van der Waals surface area contributed by atoms with E-state index < -0.39 is 0 Å². The molecule has 0 aromatic heterocycles. The largest absolute Gasteiger partial charge is 0.384 e. The van der Waals surface area contributed by atoms with Gasteiger partial charge in [-0.1, -0.05) is 12.5 Å². The molecule has 2 nitrogen and oxygen atoms in total. The average molecular weight is 222 g/mol. The highest BCUT2D eigenvalue weighted by Crippen LogP contribution is 2.10. The smallest absolute Gasteiger partial charge is 0.125 e. The second kappa shape index (κ2) is 5.85. The number of piperidine rings is 1. The molecule has 2 rings (SSSR count). The van der Waals surface area contributed by atoms with Crippen LogP contribution in [0.5, 0.6) is 0 Å². The van der Waals surface area contributed by atoms with Gasteiger partial charge in [-0.05, 0) is 44.1 Å². The summed E-state index contributed by atoms with van der Waals surface area (Å²) in [6.07, 6.45) is 4.01. The minimum absolute atomic E-state index is 0.178. The molecule has 0 unspecified atom stereocenters. The summed E-state index contributed by atoms with van der Waals surface area (Å²) < 4.78 is 12.9. The van der Waals surface area contributed by atoms with E-state index in [-0.39, 0.29) is 5.82 Å². The molecule has 0 radical (unpaired) electrons. The Morgan fingerprint density at radius 1 is 1.19 bits per heavy atom. The zero-order valence-corrected chi connectivity index (χ0v) is 9.58. The van der Waals surface area contributed by atoms with E-state index in [1.807, 2.05) is 6.07 Å². The maximum absolute atomic E-state index is 12.9. The van der Waals surface area contributed by atoms with Gasteiger partial charge >= 0.3 is 0 Å². The summed E-state index contributed by atoms with van der Waals surface area (Å²) in [6.45, 7) is 4.37. The maximum Gasteiger partial charge on any atom is 0.125 e. The van der Waals surface area contributed by atoms with Crippen molar-refractivity contribution in [2.24, 2.45) is 0 Å². The summed E-state index contributed by atoms with van der Waals surface area (Å²) >= 11 is 0. The quantitative estimate of drug-likeness (QED) is 0.842. The number of halogens is 1. The van der Waals surface area contributed by atoms with E-state index in [1.165, 1.54) is 44.5 Å². The molecule has 0 amide bonds. The standard InChI is InChI=1S/C13H19FN2/c14-12-5-4-6-13(11-12)15-7-10-16-8-2-1-3-9-16/h4-6,11,15H,1-3,7-10H2. The van der Waals surface area contributed by atoms with Gasteiger partial charge in [-0.15, -0.1) is 0 Å². The lowest BCUT2D eigenvalue weighted by Gasteiger charge is -2.26. The monoisotopic (exact) mass is 222 g/mol. The molecule has 1 fully saturated rings. The molecular formula is C13H19FN2. The summed E-state index contributed by atoms with van der Waals surface area (Å²) in [5.41, 5.74) is 0.872. The number of nitrogens with one attached hydrogen (secondary N) is 1. The van der Waals surface area contributed by atoms with Gasteiger partial charge in [0.25, 0.3) is 0 Å². The molecule has 0 saturated carbocycles. The third-order valence-corrected chi connectivity index (χ3v) is 3.03.